The maximum absolute atomic E-state index is 4.48. The summed E-state index contributed by atoms with van der Waals surface area (Å²) < 4.78 is 1.96. The molecule has 1 N–H and O–H groups in total. The standard InChI is InChI=1S/C11H16N4S/c1-8-7-16-11(13-8)6-15-5-10(4-12-3)9(2)14-15/h5,7,12H,4,6H2,1-3H3. The van der Waals surface area contributed by atoms with Gasteiger partial charge in [-0.25, -0.2) is 4.98 Å². The Labute approximate surface area is 99.3 Å². The number of rotatable bonds is 4. The van der Waals surface area contributed by atoms with Crippen LogP contribution in [0.4, 0.5) is 0 Å². The molecule has 0 bridgehead atoms. The summed E-state index contributed by atoms with van der Waals surface area (Å²) in [6.45, 7) is 5.68. The lowest BCUT2D eigenvalue weighted by atomic mass is 10.3. The molecule has 0 aliphatic carbocycles. The summed E-state index contributed by atoms with van der Waals surface area (Å²) in [5.74, 6) is 0. The maximum atomic E-state index is 4.48. The molecule has 2 aromatic rings. The lowest BCUT2D eigenvalue weighted by molar-refractivity contribution is 0.674. The van der Waals surface area contributed by atoms with Gasteiger partial charge in [0.1, 0.15) is 5.01 Å². The summed E-state index contributed by atoms with van der Waals surface area (Å²) in [6.07, 6.45) is 2.09. The van der Waals surface area contributed by atoms with E-state index in [2.05, 4.69) is 27.0 Å². The molecule has 16 heavy (non-hydrogen) atoms. The molecule has 0 fully saturated rings. The fourth-order valence-electron chi connectivity index (χ4n) is 1.62. The van der Waals surface area contributed by atoms with Crippen LogP contribution < -0.4 is 5.32 Å². The Bertz CT molecular complexity index is 472. The molecule has 0 aliphatic heterocycles. The second-order valence-electron chi connectivity index (χ2n) is 3.85. The predicted octanol–water partition coefficient (Wildman–Crippen LogP) is 1.72. The Morgan fingerprint density at radius 2 is 2.25 bits per heavy atom. The molecule has 0 spiro atoms. The molecule has 0 amide bonds. The maximum Gasteiger partial charge on any atom is 0.114 e. The monoisotopic (exact) mass is 236 g/mol. The van der Waals surface area contributed by atoms with Crippen molar-refractivity contribution >= 4 is 11.3 Å². The number of aryl methyl sites for hydroxylation is 2. The highest BCUT2D eigenvalue weighted by molar-refractivity contribution is 7.09. The van der Waals surface area contributed by atoms with Crippen molar-refractivity contribution in [3.05, 3.63) is 33.5 Å². The third kappa shape index (κ3) is 2.48. The van der Waals surface area contributed by atoms with Gasteiger partial charge in [0.15, 0.2) is 0 Å². The van der Waals surface area contributed by atoms with Gasteiger partial charge in [0.25, 0.3) is 0 Å². The zero-order valence-corrected chi connectivity index (χ0v) is 10.6. The fourth-order valence-corrected chi connectivity index (χ4v) is 2.38. The molecule has 0 saturated carbocycles. The van der Waals surface area contributed by atoms with Gasteiger partial charge in [-0.2, -0.15) is 5.10 Å². The summed E-state index contributed by atoms with van der Waals surface area (Å²) in [5, 5.41) is 10.8. The summed E-state index contributed by atoms with van der Waals surface area (Å²) in [4.78, 5) is 4.43. The zero-order chi connectivity index (χ0) is 11.5. The number of nitrogens with one attached hydrogen (secondary N) is 1. The van der Waals surface area contributed by atoms with Gasteiger partial charge in [0.2, 0.25) is 0 Å². The van der Waals surface area contributed by atoms with Crippen LogP contribution in [0.25, 0.3) is 0 Å². The molecule has 2 aromatic heterocycles. The largest absolute Gasteiger partial charge is 0.316 e. The second-order valence-corrected chi connectivity index (χ2v) is 4.79. The van der Waals surface area contributed by atoms with E-state index in [0.29, 0.717) is 0 Å². The van der Waals surface area contributed by atoms with E-state index >= 15 is 0 Å². The second kappa shape index (κ2) is 4.76. The lowest BCUT2D eigenvalue weighted by Crippen LogP contribution is -2.05. The predicted molar refractivity (Wildman–Crippen MR) is 65.7 cm³/mol. The van der Waals surface area contributed by atoms with Gasteiger partial charge in [-0.3, -0.25) is 4.68 Å². The number of thiazole rings is 1. The molecule has 0 aromatic carbocycles. The van der Waals surface area contributed by atoms with Gasteiger partial charge < -0.3 is 5.32 Å². The zero-order valence-electron chi connectivity index (χ0n) is 9.82. The molecule has 2 rings (SSSR count). The van der Waals surface area contributed by atoms with Crippen molar-refractivity contribution in [1.29, 1.82) is 0 Å². The van der Waals surface area contributed by atoms with E-state index in [0.717, 1.165) is 29.5 Å². The van der Waals surface area contributed by atoms with Crippen LogP contribution in [0.15, 0.2) is 11.6 Å². The van der Waals surface area contributed by atoms with Crippen molar-refractivity contribution in [2.75, 3.05) is 7.05 Å². The van der Waals surface area contributed by atoms with Gasteiger partial charge in [-0.15, -0.1) is 11.3 Å². The molecule has 2 heterocycles. The third-order valence-corrected chi connectivity index (χ3v) is 3.33. The van der Waals surface area contributed by atoms with E-state index in [1.165, 1.54) is 5.56 Å². The third-order valence-electron chi connectivity index (χ3n) is 2.38. The number of hydrogen-bond donors (Lipinski definition) is 1. The molecule has 86 valence electrons. The molecule has 0 atom stereocenters. The molecule has 4 nitrogen and oxygen atoms in total. The lowest BCUT2D eigenvalue weighted by Gasteiger charge is -1.96. The normalized spacial score (nSPS) is 10.9. The van der Waals surface area contributed by atoms with Gasteiger partial charge in [-0.05, 0) is 20.9 Å². The summed E-state index contributed by atoms with van der Waals surface area (Å²) >= 11 is 1.69. The summed E-state index contributed by atoms with van der Waals surface area (Å²) in [6, 6.07) is 0. The number of nitrogens with zero attached hydrogens (tertiary/aromatic N) is 3. The highest BCUT2D eigenvalue weighted by Crippen LogP contribution is 2.12. The van der Waals surface area contributed by atoms with Gasteiger partial charge in [-0.1, -0.05) is 0 Å². The number of aromatic nitrogens is 3. The Morgan fingerprint density at radius 1 is 1.44 bits per heavy atom. The summed E-state index contributed by atoms with van der Waals surface area (Å²) in [7, 11) is 1.95. The van der Waals surface area contributed by atoms with Crippen molar-refractivity contribution in [2.45, 2.75) is 26.9 Å². The van der Waals surface area contributed by atoms with Crippen LogP contribution in [0, 0.1) is 13.8 Å². The van der Waals surface area contributed by atoms with E-state index in [1.54, 1.807) is 11.3 Å². The molecule has 0 radical (unpaired) electrons. The first-order valence-electron chi connectivity index (χ1n) is 5.27. The average molecular weight is 236 g/mol. The molecular formula is C11H16N4S. The first kappa shape index (κ1) is 11.3. The van der Waals surface area contributed by atoms with Gasteiger partial charge in [0, 0.05) is 29.4 Å². The van der Waals surface area contributed by atoms with Crippen LogP contribution in [0.1, 0.15) is 22.0 Å². The van der Waals surface area contributed by atoms with Gasteiger partial charge in [0.05, 0.1) is 12.2 Å². The van der Waals surface area contributed by atoms with Crippen molar-refractivity contribution in [3.8, 4) is 0 Å². The van der Waals surface area contributed by atoms with E-state index < -0.39 is 0 Å². The smallest absolute Gasteiger partial charge is 0.114 e. The van der Waals surface area contributed by atoms with Crippen LogP contribution >= 0.6 is 11.3 Å². The highest BCUT2D eigenvalue weighted by Gasteiger charge is 2.05. The quantitative estimate of drug-likeness (QED) is 0.879. The van der Waals surface area contributed by atoms with Crippen LogP contribution in [0.2, 0.25) is 0 Å². The minimum atomic E-state index is 0.767. The van der Waals surface area contributed by atoms with E-state index in [1.807, 2.05) is 25.6 Å². The molecule has 5 heteroatoms. The SMILES string of the molecule is CNCc1cn(Cc2nc(C)cs2)nc1C. The van der Waals surface area contributed by atoms with Gasteiger partial charge >= 0.3 is 0 Å². The van der Waals surface area contributed by atoms with Crippen molar-refractivity contribution in [2.24, 2.45) is 0 Å². The summed E-state index contributed by atoms with van der Waals surface area (Å²) in [5.41, 5.74) is 3.41. The molecular weight excluding hydrogens is 220 g/mol. The Morgan fingerprint density at radius 3 is 2.88 bits per heavy atom. The number of hydrogen-bond acceptors (Lipinski definition) is 4. The van der Waals surface area contributed by atoms with E-state index in [-0.39, 0.29) is 0 Å². The topological polar surface area (TPSA) is 42.7 Å². The van der Waals surface area contributed by atoms with Crippen LogP contribution in [-0.4, -0.2) is 21.8 Å². The van der Waals surface area contributed by atoms with Crippen LogP contribution in [-0.2, 0) is 13.1 Å². The fraction of sp³-hybridized carbons (Fsp3) is 0.455. The first-order valence-corrected chi connectivity index (χ1v) is 6.15. The minimum absolute atomic E-state index is 0.767. The minimum Gasteiger partial charge on any atom is -0.316 e. The van der Waals surface area contributed by atoms with Crippen LogP contribution in [0.5, 0.6) is 0 Å². The Kier molecular flexibility index (Phi) is 3.36. The van der Waals surface area contributed by atoms with Crippen molar-refractivity contribution in [1.82, 2.24) is 20.1 Å². The Balaban J connectivity index is 2.13. The van der Waals surface area contributed by atoms with Crippen molar-refractivity contribution in [3.63, 3.8) is 0 Å². The molecule has 0 saturated heterocycles. The van der Waals surface area contributed by atoms with E-state index in [9.17, 15) is 0 Å². The molecule has 0 aliphatic rings. The molecule has 0 unspecified atom stereocenters. The van der Waals surface area contributed by atoms with Crippen LogP contribution in [0.3, 0.4) is 0 Å². The van der Waals surface area contributed by atoms with Crippen molar-refractivity contribution < 1.29 is 0 Å². The van der Waals surface area contributed by atoms with E-state index in [4.69, 9.17) is 0 Å². The Hall–Kier alpha value is -1.20. The highest BCUT2D eigenvalue weighted by atomic mass is 32.1. The average Bonchev–Trinajstić information content (AvgIpc) is 2.76. The first-order chi connectivity index (χ1) is 7.69.